The highest BCUT2D eigenvalue weighted by molar-refractivity contribution is 6.31. The summed E-state index contributed by atoms with van der Waals surface area (Å²) >= 11 is 6.22. The van der Waals surface area contributed by atoms with Gasteiger partial charge in [-0.3, -0.25) is 4.79 Å². The Bertz CT molecular complexity index is 1550. The van der Waals surface area contributed by atoms with E-state index in [-0.39, 0.29) is 35.0 Å². The number of benzene rings is 1. The summed E-state index contributed by atoms with van der Waals surface area (Å²) < 4.78 is 8.63. The molecule has 1 amide bonds. The minimum Gasteiger partial charge on any atom is -0.489 e. The molecule has 44 heavy (non-hydrogen) atoms. The van der Waals surface area contributed by atoms with Gasteiger partial charge in [-0.1, -0.05) is 39.3 Å². The number of fused-ring (bicyclic) bond motifs is 1. The Morgan fingerprint density at radius 2 is 1.80 bits per heavy atom. The molecule has 4 heterocycles. The van der Waals surface area contributed by atoms with Crippen molar-refractivity contribution in [3.63, 3.8) is 0 Å². The third-order valence-corrected chi connectivity index (χ3v) is 10.2. The van der Waals surface area contributed by atoms with Crippen LogP contribution in [0.4, 0.5) is 5.95 Å². The van der Waals surface area contributed by atoms with E-state index >= 15 is 0 Å². The number of rotatable bonds is 7. The van der Waals surface area contributed by atoms with Gasteiger partial charge in [-0.05, 0) is 37.3 Å². The number of nitrogens with zero attached hydrogens (tertiary/aromatic N) is 6. The first-order valence-electron chi connectivity index (χ1n) is 15.4. The van der Waals surface area contributed by atoms with Gasteiger partial charge in [0.05, 0.1) is 22.3 Å². The molecule has 1 saturated heterocycles. The minimum absolute atomic E-state index is 0.147. The maximum atomic E-state index is 13.3. The van der Waals surface area contributed by atoms with E-state index in [2.05, 4.69) is 63.5 Å². The van der Waals surface area contributed by atoms with Crippen LogP contribution < -0.4 is 15.0 Å². The number of anilines is 1. The molecule has 2 N–H and O–H groups in total. The van der Waals surface area contributed by atoms with E-state index < -0.39 is 0 Å². The zero-order valence-electron chi connectivity index (χ0n) is 25.8. The highest BCUT2D eigenvalue weighted by Gasteiger charge is 2.64. The third-order valence-electron chi connectivity index (χ3n) is 9.85. The Kier molecular flexibility index (Phi) is 8.05. The molecule has 1 saturated carbocycles. The lowest BCUT2D eigenvalue weighted by Gasteiger charge is -2.63. The van der Waals surface area contributed by atoms with Crippen molar-refractivity contribution in [2.24, 2.45) is 16.7 Å². The smallest absolute Gasteiger partial charge is 0.254 e. The molecule has 6 rings (SSSR count). The molecule has 3 aliphatic rings. The SMILES string of the molecule is CC1(C)C(NC(=O)c2cnc(N3CCC(Cc4ncc5n4CCC(O)C5)CC3)nc2)C(C)(C)C1Oc1ccc(C#N)c(Cl)c1. The molecule has 3 aromatic rings. The van der Waals surface area contributed by atoms with E-state index in [1.165, 1.54) is 0 Å². The van der Waals surface area contributed by atoms with Crippen LogP contribution in [-0.4, -0.2) is 61.9 Å². The lowest BCUT2D eigenvalue weighted by atomic mass is 9.49. The van der Waals surface area contributed by atoms with Crippen LogP contribution in [0.3, 0.4) is 0 Å². The quantitative estimate of drug-likeness (QED) is 0.394. The number of nitrogens with one attached hydrogen (secondary N) is 1. The maximum Gasteiger partial charge on any atom is 0.254 e. The van der Waals surface area contributed by atoms with Gasteiger partial charge in [0.1, 0.15) is 23.7 Å². The molecule has 2 aromatic heterocycles. The van der Waals surface area contributed by atoms with Crippen LogP contribution in [0.15, 0.2) is 36.8 Å². The Hall–Kier alpha value is -3.68. The van der Waals surface area contributed by atoms with Crippen molar-refractivity contribution in [2.45, 2.75) is 84.6 Å². The molecule has 0 radical (unpaired) electrons. The maximum absolute atomic E-state index is 13.3. The van der Waals surface area contributed by atoms with Crippen LogP contribution in [0.2, 0.25) is 5.02 Å². The molecule has 1 atom stereocenters. The van der Waals surface area contributed by atoms with E-state index in [9.17, 15) is 9.90 Å². The van der Waals surface area contributed by atoms with Crippen molar-refractivity contribution < 1.29 is 14.6 Å². The van der Waals surface area contributed by atoms with Crippen LogP contribution in [0.5, 0.6) is 5.75 Å². The number of halogens is 1. The fraction of sp³-hybridized carbons (Fsp3) is 0.545. The van der Waals surface area contributed by atoms with Crippen LogP contribution in [0, 0.1) is 28.1 Å². The fourth-order valence-corrected chi connectivity index (χ4v) is 7.89. The summed E-state index contributed by atoms with van der Waals surface area (Å²) in [6, 6.07) is 6.99. The minimum atomic E-state index is -0.360. The predicted molar refractivity (Wildman–Crippen MR) is 167 cm³/mol. The summed E-state index contributed by atoms with van der Waals surface area (Å²) in [6.07, 6.45) is 9.20. The molecular weight excluding hydrogens is 578 g/mol. The summed E-state index contributed by atoms with van der Waals surface area (Å²) in [6.45, 7) is 10.9. The van der Waals surface area contributed by atoms with Crippen LogP contribution >= 0.6 is 11.6 Å². The summed E-state index contributed by atoms with van der Waals surface area (Å²) in [5, 5.41) is 22.7. The second-order valence-corrected chi connectivity index (χ2v) is 14.1. The van der Waals surface area contributed by atoms with E-state index in [1.54, 1.807) is 30.6 Å². The lowest BCUT2D eigenvalue weighted by molar-refractivity contribution is -0.164. The normalized spacial score (nSPS) is 24.1. The first-order valence-corrected chi connectivity index (χ1v) is 15.8. The van der Waals surface area contributed by atoms with Crippen molar-refractivity contribution in [3.05, 3.63) is 64.5 Å². The molecule has 0 spiro atoms. The summed E-state index contributed by atoms with van der Waals surface area (Å²) in [5.74, 6) is 2.71. The van der Waals surface area contributed by atoms with Crippen molar-refractivity contribution in [1.82, 2.24) is 24.8 Å². The molecule has 232 valence electrons. The number of carbonyl (C=O) groups excluding carboxylic acids is 1. The topological polar surface area (TPSA) is 129 Å². The molecule has 0 bridgehead atoms. The molecule has 2 fully saturated rings. The second-order valence-electron chi connectivity index (χ2n) is 13.7. The zero-order valence-corrected chi connectivity index (χ0v) is 26.5. The molecule has 1 aliphatic carbocycles. The number of aliphatic hydroxyl groups excluding tert-OH is 1. The summed E-state index contributed by atoms with van der Waals surface area (Å²) in [7, 11) is 0. The second kappa shape index (κ2) is 11.7. The van der Waals surface area contributed by atoms with Gasteiger partial charge in [0.2, 0.25) is 5.95 Å². The number of nitriles is 1. The Morgan fingerprint density at radius 1 is 1.09 bits per heavy atom. The average molecular weight is 618 g/mol. The fourth-order valence-electron chi connectivity index (χ4n) is 7.68. The monoisotopic (exact) mass is 617 g/mol. The standard InChI is InChI=1S/C33H40ClN7O3/c1-32(2)29(33(3,4)30(32)44-25-6-5-21(16-35)26(34)15-25)39-28(43)22-17-37-31(38-18-22)40-10-7-20(8-11-40)13-27-36-19-23-14-24(42)9-12-41(23)27/h5-6,15,17-20,24,29-30,42H,7-14H2,1-4H3,(H,39,43). The number of aromatic nitrogens is 4. The summed E-state index contributed by atoms with van der Waals surface area (Å²) in [5.41, 5.74) is 1.25. The summed E-state index contributed by atoms with van der Waals surface area (Å²) in [4.78, 5) is 29.3. The van der Waals surface area contributed by atoms with Gasteiger partial charge < -0.3 is 24.6 Å². The first kappa shape index (κ1) is 30.4. The number of amides is 1. The first-order chi connectivity index (χ1) is 21.0. The predicted octanol–water partition coefficient (Wildman–Crippen LogP) is 4.58. The number of ether oxygens (including phenoxy) is 1. The van der Waals surface area contributed by atoms with E-state index in [1.807, 2.05) is 6.20 Å². The number of hydrogen-bond donors (Lipinski definition) is 2. The van der Waals surface area contributed by atoms with Crippen molar-refractivity contribution in [1.29, 1.82) is 5.26 Å². The number of hydrogen-bond acceptors (Lipinski definition) is 8. The highest BCUT2D eigenvalue weighted by atomic mass is 35.5. The lowest BCUT2D eigenvalue weighted by Crippen LogP contribution is -2.74. The number of piperidine rings is 1. The molecule has 2 aliphatic heterocycles. The van der Waals surface area contributed by atoms with Gasteiger partial charge in [-0.15, -0.1) is 0 Å². The van der Waals surface area contributed by atoms with Crippen LogP contribution in [-0.2, 0) is 19.4 Å². The molecule has 11 heteroatoms. The van der Waals surface area contributed by atoms with Crippen molar-refractivity contribution in [2.75, 3.05) is 18.0 Å². The van der Waals surface area contributed by atoms with Gasteiger partial charge in [-0.25, -0.2) is 15.0 Å². The largest absolute Gasteiger partial charge is 0.489 e. The molecule has 1 aromatic carbocycles. The van der Waals surface area contributed by atoms with Gasteiger partial charge in [0.25, 0.3) is 5.91 Å². The van der Waals surface area contributed by atoms with Crippen LogP contribution in [0.25, 0.3) is 0 Å². The van der Waals surface area contributed by atoms with Gasteiger partial charge in [-0.2, -0.15) is 5.26 Å². The molecule has 1 unspecified atom stereocenters. The van der Waals surface area contributed by atoms with E-state index in [0.717, 1.165) is 56.8 Å². The molecule has 10 nitrogen and oxygen atoms in total. The zero-order chi connectivity index (χ0) is 31.2. The highest BCUT2D eigenvalue weighted by Crippen LogP contribution is 2.55. The Balaban J connectivity index is 1.02. The average Bonchev–Trinajstić information content (AvgIpc) is 3.40. The number of aliphatic hydroxyl groups is 1. The number of imidazole rings is 1. The van der Waals surface area contributed by atoms with Crippen molar-refractivity contribution >= 4 is 23.5 Å². The van der Waals surface area contributed by atoms with Gasteiger partial charge in [0.15, 0.2) is 0 Å². The van der Waals surface area contributed by atoms with E-state index in [4.69, 9.17) is 21.6 Å². The molecular formula is C33H40ClN7O3. The number of carbonyl (C=O) groups is 1. The van der Waals surface area contributed by atoms with E-state index in [0.29, 0.717) is 40.2 Å². The van der Waals surface area contributed by atoms with Gasteiger partial charge >= 0.3 is 0 Å². The van der Waals surface area contributed by atoms with Crippen molar-refractivity contribution in [3.8, 4) is 11.8 Å². The third kappa shape index (κ3) is 5.64. The Morgan fingerprint density at radius 3 is 2.45 bits per heavy atom. The Labute approximate surface area is 263 Å². The van der Waals surface area contributed by atoms with Gasteiger partial charge in [0, 0.05) is 79.7 Å². The van der Waals surface area contributed by atoms with Crippen LogP contribution in [0.1, 0.15) is 74.4 Å².